The van der Waals surface area contributed by atoms with E-state index >= 15 is 0 Å². The molecule has 1 aliphatic carbocycles. The second kappa shape index (κ2) is 5.59. The quantitative estimate of drug-likeness (QED) is 0.658. The van der Waals surface area contributed by atoms with E-state index in [1.54, 1.807) is 10.6 Å². The number of fused-ring (bicyclic) bond motifs is 5. The number of rotatable bonds is 4. The van der Waals surface area contributed by atoms with E-state index in [1.807, 2.05) is 24.3 Å². The number of aromatic nitrogens is 3. The van der Waals surface area contributed by atoms with E-state index < -0.39 is 12.0 Å². The van der Waals surface area contributed by atoms with Gasteiger partial charge in [-0.3, -0.25) is 18.8 Å². The summed E-state index contributed by atoms with van der Waals surface area (Å²) in [6.45, 7) is 0. The van der Waals surface area contributed by atoms with E-state index in [-0.39, 0.29) is 30.0 Å². The summed E-state index contributed by atoms with van der Waals surface area (Å²) < 4.78 is 1.66. The zero-order valence-electron chi connectivity index (χ0n) is 13.0. The lowest BCUT2D eigenvalue weighted by molar-refractivity contribution is -0.138. The van der Waals surface area contributed by atoms with Crippen LogP contribution < -0.4 is 10.9 Å². The first-order valence-corrected chi connectivity index (χ1v) is 7.76. The van der Waals surface area contributed by atoms with E-state index in [2.05, 4.69) is 15.3 Å². The van der Waals surface area contributed by atoms with Crippen LogP contribution in [0.15, 0.2) is 41.5 Å². The molecule has 0 fully saturated rings. The number of benzene rings is 1. The van der Waals surface area contributed by atoms with Crippen LogP contribution in [0.1, 0.15) is 30.1 Å². The molecule has 0 saturated carbocycles. The number of carboxylic acid groups (broad SMARTS) is 1. The number of aromatic amines is 1. The highest BCUT2D eigenvalue weighted by atomic mass is 16.4. The fourth-order valence-electron chi connectivity index (χ4n) is 3.23. The summed E-state index contributed by atoms with van der Waals surface area (Å²) in [4.78, 5) is 42.0. The largest absolute Gasteiger partial charge is 0.481 e. The van der Waals surface area contributed by atoms with E-state index in [0.29, 0.717) is 11.4 Å². The first-order valence-electron chi connectivity index (χ1n) is 7.76. The molecule has 25 heavy (non-hydrogen) atoms. The van der Waals surface area contributed by atoms with Gasteiger partial charge < -0.3 is 15.4 Å². The van der Waals surface area contributed by atoms with Gasteiger partial charge in [0.25, 0.3) is 5.56 Å². The lowest BCUT2D eigenvalue weighted by Gasteiger charge is -2.16. The minimum atomic E-state index is -1.02. The third-order valence-electron chi connectivity index (χ3n) is 4.28. The van der Waals surface area contributed by atoms with Gasteiger partial charge in [-0.05, 0) is 5.56 Å². The summed E-state index contributed by atoms with van der Waals surface area (Å²) in [5, 5.41) is 11.6. The zero-order chi connectivity index (χ0) is 17.6. The zero-order valence-corrected chi connectivity index (χ0v) is 13.0. The Kier molecular flexibility index (Phi) is 3.38. The van der Waals surface area contributed by atoms with Crippen molar-refractivity contribution in [2.75, 3.05) is 0 Å². The van der Waals surface area contributed by atoms with Gasteiger partial charge in [0.2, 0.25) is 11.6 Å². The minimum Gasteiger partial charge on any atom is -0.481 e. The van der Waals surface area contributed by atoms with E-state index in [4.69, 9.17) is 5.11 Å². The number of H-pyrrole nitrogens is 1. The van der Waals surface area contributed by atoms with Gasteiger partial charge >= 0.3 is 5.97 Å². The number of hydrogen-bond donors (Lipinski definition) is 3. The molecule has 1 amide bonds. The SMILES string of the molecule is O=C(O)CCC(=O)NC1c2ccccc2-c2[nH]c(=O)c3nccn3c21. The summed E-state index contributed by atoms with van der Waals surface area (Å²) in [5.41, 5.74) is 2.95. The molecular formula is C17H14N4O4. The first-order chi connectivity index (χ1) is 12.1. The average Bonchev–Trinajstić information content (AvgIpc) is 3.18. The normalized spacial score (nSPS) is 15.0. The lowest BCUT2D eigenvalue weighted by Crippen LogP contribution is -2.30. The van der Waals surface area contributed by atoms with Crippen molar-refractivity contribution in [3.8, 4) is 11.3 Å². The smallest absolute Gasteiger partial charge is 0.303 e. The molecular weight excluding hydrogens is 324 g/mol. The van der Waals surface area contributed by atoms with Gasteiger partial charge in [0, 0.05) is 24.4 Å². The van der Waals surface area contributed by atoms with Crippen molar-refractivity contribution in [3.63, 3.8) is 0 Å². The lowest BCUT2D eigenvalue weighted by atomic mass is 10.1. The number of hydrogen-bond acceptors (Lipinski definition) is 4. The Labute approximate surface area is 141 Å². The van der Waals surface area contributed by atoms with Gasteiger partial charge in [-0.1, -0.05) is 24.3 Å². The van der Waals surface area contributed by atoms with Crippen LogP contribution in [0.3, 0.4) is 0 Å². The minimum absolute atomic E-state index is 0.111. The van der Waals surface area contributed by atoms with Crippen LogP contribution >= 0.6 is 0 Å². The number of carboxylic acids is 1. The molecule has 8 heteroatoms. The number of imidazole rings is 1. The highest BCUT2D eigenvalue weighted by molar-refractivity contribution is 5.84. The van der Waals surface area contributed by atoms with Gasteiger partial charge in [0.05, 0.1) is 23.9 Å². The summed E-state index contributed by atoms with van der Waals surface area (Å²) in [6.07, 6.45) is 2.85. The molecule has 0 bridgehead atoms. The van der Waals surface area contributed by atoms with Crippen molar-refractivity contribution in [2.24, 2.45) is 0 Å². The van der Waals surface area contributed by atoms with Gasteiger partial charge in [-0.2, -0.15) is 0 Å². The number of amides is 1. The number of nitrogens with zero attached hydrogens (tertiary/aromatic N) is 2. The molecule has 0 spiro atoms. The van der Waals surface area contributed by atoms with Crippen LogP contribution in [0.2, 0.25) is 0 Å². The van der Waals surface area contributed by atoms with E-state index in [1.165, 1.54) is 6.20 Å². The number of carbonyl (C=O) groups excluding carboxylic acids is 1. The molecule has 1 unspecified atom stereocenters. The first kappa shape index (κ1) is 15.1. The molecule has 3 aromatic rings. The summed E-state index contributed by atoms with van der Waals surface area (Å²) >= 11 is 0. The summed E-state index contributed by atoms with van der Waals surface area (Å²) in [7, 11) is 0. The number of aliphatic carboxylic acids is 1. The van der Waals surface area contributed by atoms with E-state index in [9.17, 15) is 14.4 Å². The molecule has 126 valence electrons. The molecule has 0 aliphatic heterocycles. The Bertz CT molecular complexity index is 1070. The molecule has 2 heterocycles. The third-order valence-corrected chi connectivity index (χ3v) is 4.28. The molecule has 1 aromatic carbocycles. The molecule has 0 radical (unpaired) electrons. The van der Waals surface area contributed by atoms with Crippen LogP contribution in [0, 0.1) is 0 Å². The van der Waals surface area contributed by atoms with Crippen LogP contribution in [0.5, 0.6) is 0 Å². The fourth-order valence-corrected chi connectivity index (χ4v) is 3.23. The topological polar surface area (TPSA) is 117 Å². The van der Waals surface area contributed by atoms with Crippen LogP contribution in [-0.2, 0) is 9.59 Å². The second-order valence-electron chi connectivity index (χ2n) is 5.82. The van der Waals surface area contributed by atoms with Crippen LogP contribution in [0.25, 0.3) is 16.9 Å². The van der Waals surface area contributed by atoms with Crippen LogP contribution in [0.4, 0.5) is 0 Å². The Morgan fingerprint density at radius 1 is 1.28 bits per heavy atom. The second-order valence-corrected chi connectivity index (χ2v) is 5.82. The van der Waals surface area contributed by atoms with Crippen LogP contribution in [-0.4, -0.2) is 31.4 Å². The van der Waals surface area contributed by atoms with Gasteiger partial charge in [-0.15, -0.1) is 0 Å². The monoisotopic (exact) mass is 338 g/mol. The van der Waals surface area contributed by atoms with Crippen molar-refractivity contribution in [1.82, 2.24) is 19.7 Å². The Morgan fingerprint density at radius 2 is 2.08 bits per heavy atom. The molecule has 4 rings (SSSR count). The Morgan fingerprint density at radius 3 is 2.88 bits per heavy atom. The highest BCUT2D eigenvalue weighted by Crippen LogP contribution is 2.41. The predicted octanol–water partition coefficient (Wildman–Crippen LogP) is 1.07. The molecule has 1 aliphatic rings. The molecule has 2 aromatic heterocycles. The van der Waals surface area contributed by atoms with Gasteiger partial charge in [0.1, 0.15) is 0 Å². The molecule has 1 atom stereocenters. The van der Waals surface area contributed by atoms with Crippen molar-refractivity contribution in [3.05, 3.63) is 58.3 Å². The molecule has 0 saturated heterocycles. The van der Waals surface area contributed by atoms with Gasteiger partial charge in [-0.25, -0.2) is 4.98 Å². The summed E-state index contributed by atoms with van der Waals surface area (Å²) in [6, 6.07) is 6.97. The maximum Gasteiger partial charge on any atom is 0.303 e. The van der Waals surface area contributed by atoms with Crippen molar-refractivity contribution >= 4 is 17.5 Å². The van der Waals surface area contributed by atoms with Crippen molar-refractivity contribution in [1.29, 1.82) is 0 Å². The van der Waals surface area contributed by atoms with Crippen molar-refractivity contribution in [2.45, 2.75) is 18.9 Å². The summed E-state index contributed by atoms with van der Waals surface area (Å²) in [5.74, 6) is -1.39. The fraction of sp³-hybridized carbons (Fsp3) is 0.176. The maximum absolute atomic E-state index is 12.2. The standard InChI is InChI=1S/C17H14N4O4/c22-11(5-6-12(23)24)19-13-9-3-1-2-4-10(9)14-15(13)21-8-7-18-16(21)17(25)20-14/h1-4,7-8,13H,5-6H2,(H,19,22)(H,20,25)(H,23,24). The van der Waals surface area contributed by atoms with Gasteiger partial charge in [0.15, 0.2) is 0 Å². The number of carbonyl (C=O) groups is 2. The molecule has 8 nitrogen and oxygen atoms in total. The Balaban J connectivity index is 1.83. The Hall–Kier alpha value is -3.42. The number of nitrogens with one attached hydrogen (secondary N) is 2. The van der Waals surface area contributed by atoms with E-state index in [0.717, 1.165) is 11.1 Å². The molecule has 3 N–H and O–H groups in total. The third kappa shape index (κ3) is 2.38. The predicted molar refractivity (Wildman–Crippen MR) is 88.1 cm³/mol. The van der Waals surface area contributed by atoms with Crippen molar-refractivity contribution < 1.29 is 14.7 Å². The average molecular weight is 338 g/mol. The highest BCUT2D eigenvalue weighted by Gasteiger charge is 2.33. The maximum atomic E-state index is 12.2.